The van der Waals surface area contributed by atoms with E-state index in [1.54, 1.807) is 19.2 Å². The number of aliphatic hydroxyl groups is 1. The topological polar surface area (TPSA) is 87.0 Å². The first-order valence-corrected chi connectivity index (χ1v) is 12.2. The Morgan fingerprint density at radius 1 is 1.45 bits per heavy atom. The number of rotatable bonds is 6. The maximum absolute atomic E-state index is 14.2. The van der Waals surface area contributed by atoms with E-state index in [2.05, 4.69) is 26.2 Å². The molecule has 1 fully saturated rings. The first-order chi connectivity index (χ1) is 15.9. The van der Waals surface area contributed by atoms with Crippen LogP contribution in [0.5, 0.6) is 0 Å². The molecule has 0 amide bonds. The van der Waals surface area contributed by atoms with Crippen molar-refractivity contribution in [3.8, 4) is 0 Å². The van der Waals surface area contributed by atoms with Gasteiger partial charge in [-0.25, -0.2) is 18.6 Å². The van der Waals surface area contributed by atoms with E-state index < -0.39 is 30.1 Å². The van der Waals surface area contributed by atoms with Crippen molar-refractivity contribution in [2.75, 3.05) is 26.2 Å². The van der Waals surface area contributed by atoms with Crippen molar-refractivity contribution in [1.82, 2.24) is 15.2 Å². The zero-order valence-electron chi connectivity index (χ0n) is 17.8. The van der Waals surface area contributed by atoms with Crippen LogP contribution in [0.15, 0.2) is 50.5 Å². The number of carbonyl (C=O) groups is 1. The fraction of sp³-hybridized carbons (Fsp3) is 0.409. The Kier molecular flexibility index (Phi) is 7.52. The molecule has 11 heteroatoms. The normalized spacial score (nSPS) is 23.8. The first-order valence-electron chi connectivity index (χ1n) is 10.5. The number of aliphatic imine (C=N–C) groups is 1. The van der Waals surface area contributed by atoms with Gasteiger partial charge in [0.25, 0.3) is 0 Å². The predicted octanol–water partition coefficient (Wildman–Crippen LogP) is 3.36. The first kappa shape index (κ1) is 23.9. The molecule has 4 rings (SSSR count). The highest BCUT2D eigenvalue weighted by Crippen LogP contribution is 2.37. The fourth-order valence-electron chi connectivity index (χ4n) is 3.89. The molecule has 2 aliphatic rings. The highest BCUT2D eigenvalue weighted by Gasteiger charge is 2.36. The monoisotopic (exact) mass is 540 g/mol. The summed E-state index contributed by atoms with van der Waals surface area (Å²) in [7, 11) is 0. The smallest absolute Gasteiger partial charge is 0.338 e. The Bertz CT molecular complexity index is 1080. The Morgan fingerprint density at radius 3 is 2.94 bits per heavy atom. The number of aliphatic hydroxyl groups excluding tert-OH is 1. The van der Waals surface area contributed by atoms with Gasteiger partial charge in [-0.3, -0.25) is 9.89 Å². The van der Waals surface area contributed by atoms with Crippen LogP contribution in [0.25, 0.3) is 0 Å². The lowest BCUT2D eigenvalue weighted by molar-refractivity contribution is -0.139. The van der Waals surface area contributed by atoms with E-state index in [1.165, 1.54) is 23.5 Å². The molecule has 0 bridgehead atoms. The minimum Gasteiger partial charge on any atom is -0.463 e. The summed E-state index contributed by atoms with van der Waals surface area (Å²) < 4.78 is 33.8. The van der Waals surface area contributed by atoms with Gasteiger partial charge < -0.3 is 15.2 Å². The second-order valence-corrected chi connectivity index (χ2v) is 9.48. The van der Waals surface area contributed by atoms with Gasteiger partial charge in [0.15, 0.2) is 10.8 Å². The molecule has 3 atom stereocenters. The van der Waals surface area contributed by atoms with E-state index in [9.17, 15) is 18.7 Å². The van der Waals surface area contributed by atoms with Crippen LogP contribution >= 0.6 is 27.3 Å². The number of alkyl halides is 1. The number of hydrogen-bond acceptors (Lipinski definition) is 8. The summed E-state index contributed by atoms with van der Waals surface area (Å²) in [6, 6.07) is 3.41. The zero-order valence-corrected chi connectivity index (χ0v) is 20.2. The summed E-state index contributed by atoms with van der Waals surface area (Å²) in [4.78, 5) is 24.0. The predicted molar refractivity (Wildman–Crippen MR) is 124 cm³/mol. The largest absolute Gasteiger partial charge is 0.463 e. The Morgan fingerprint density at radius 2 is 2.27 bits per heavy atom. The van der Waals surface area contributed by atoms with Crippen molar-refractivity contribution in [1.29, 1.82) is 0 Å². The molecule has 0 aliphatic carbocycles. The van der Waals surface area contributed by atoms with Crippen LogP contribution in [0.2, 0.25) is 0 Å². The molecule has 2 aromatic rings. The van der Waals surface area contributed by atoms with Gasteiger partial charge in [-0.2, -0.15) is 0 Å². The summed E-state index contributed by atoms with van der Waals surface area (Å²) in [5.41, 5.74) is 1.37. The Hall–Kier alpha value is -2.21. The van der Waals surface area contributed by atoms with Crippen LogP contribution in [-0.4, -0.2) is 65.3 Å². The summed E-state index contributed by atoms with van der Waals surface area (Å²) in [6.07, 6.45) is -0.418. The molecular weight excluding hydrogens is 518 g/mol. The Labute approximate surface area is 202 Å². The number of nitrogens with one attached hydrogen (secondary N) is 1. The molecule has 0 saturated carbocycles. The third kappa shape index (κ3) is 5.32. The number of carbonyl (C=O) groups excluding carboxylic acids is 1. The molecule has 33 heavy (non-hydrogen) atoms. The van der Waals surface area contributed by atoms with Crippen molar-refractivity contribution in [2.24, 2.45) is 4.99 Å². The molecule has 7 nitrogen and oxygen atoms in total. The number of hydrogen-bond donors (Lipinski definition) is 2. The number of aromatic nitrogens is 1. The van der Waals surface area contributed by atoms with Crippen molar-refractivity contribution in [3.63, 3.8) is 0 Å². The van der Waals surface area contributed by atoms with Gasteiger partial charge in [-0.05, 0) is 31.0 Å². The second kappa shape index (κ2) is 10.4. The zero-order chi connectivity index (χ0) is 23.5. The molecule has 176 valence electrons. The molecule has 1 saturated heterocycles. The van der Waals surface area contributed by atoms with E-state index >= 15 is 0 Å². The number of halogens is 3. The van der Waals surface area contributed by atoms with Gasteiger partial charge >= 0.3 is 5.97 Å². The summed E-state index contributed by atoms with van der Waals surface area (Å²) in [5, 5.41) is 15.4. The molecule has 3 unspecified atom stereocenters. The molecule has 0 spiro atoms. The molecule has 1 aromatic carbocycles. The summed E-state index contributed by atoms with van der Waals surface area (Å²) in [6.45, 7) is 2.61. The van der Waals surface area contributed by atoms with Gasteiger partial charge in [0.1, 0.15) is 18.0 Å². The maximum Gasteiger partial charge on any atom is 0.338 e. The lowest BCUT2D eigenvalue weighted by Crippen LogP contribution is -2.47. The minimum atomic E-state index is -1.37. The van der Waals surface area contributed by atoms with Gasteiger partial charge in [0.2, 0.25) is 0 Å². The van der Waals surface area contributed by atoms with Gasteiger partial charge in [0.05, 0.1) is 18.3 Å². The molecular formula is C22H23BrF2N4O3S. The van der Waals surface area contributed by atoms with E-state index in [4.69, 9.17) is 9.73 Å². The van der Waals surface area contributed by atoms with Crippen LogP contribution < -0.4 is 5.32 Å². The van der Waals surface area contributed by atoms with Crippen LogP contribution in [0.4, 0.5) is 8.78 Å². The fourth-order valence-corrected chi connectivity index (χ4v) is 5.04. The number of piperidine rings is 1. The quantitative estimate of drug-likeness (QED) is 0.546. The van der Waals surface area contributed by atoms with Crippen LogP contribution in [0.1, 0.15) is 30.0 Å². The summed E-state index contributed by atoms with van der Waals surface area (Å²) in [5.74, 6) is -0.522. The van der Waals surface area contributed by atoms with Gasteiger partial charge in [0, 0.05) is 41.4 Å². The SMILES string of the molecule is CCOC(=O)C1=C(CN2CCC(O)C(F)C2)NC(c2nccs2)=NC1c1ccc(F)cc1Br. The van der Waals surface area contributed by atoms with Gasteiger partial charge in [-0.15, -0.1) is 11.3 Å². The highest BCUT2D eigenvalue weighted by atomic mass is 79.9. The molecule has 2 N–H and O–H groups in total. The summed E-state index contributed by atoms with van der Waals surface area (Å²) >= 11 is 4.78. The molecule has 0 radical (unpaired) electrons. The highest BCUT2D eigenvalue weighted by molar-refractivity contribution is 9.10. The van der Waals surface area contributed by atoms with E-state index in [0.29, 0.717) is 39.5 Å². The van der Waals surface area contributed by atoms with Crippen molar-refractivity contribution in [2.45, 2.75) is 31.7 Å². The number of thiazole rings is 1. The number of likely N-dealkylation sites (tertiary alicyclic amines) is 1. The second-order valence-electron chi connectivity index (χ2n) is 7.73. The van der Waals surface area contributed by atoms with Crippen LogP contribution in [0.3, 0.4) is 0 Å². The third-order valence-corrected chi connectivity index (χ3v) is 6.95. The number of nitrogens with zero attached hydrogens (tertiary/aromatic N) is 3. The van der Waals surface area contributed by atoms with Crippen LogP contribution in [-0.2, 0) is 9.53 Å². The average Bonchev–Trinajstić information content (AvgIpc) is 3.31. The lowest BCUT2D eigenvalue weighted by atomic mass is 9.95. The van der Waals surface area contributed by atoms with Crippen molar-refractivity contribution < 1.29 is 23.4 Å². The number of ether oxygens (including phenoxy) is 1. The molecule has 2 aliphatic heterocycles. The molecule has 3 heterocycles. The average molecular weight is 541 g/mol. The van der Waals surface area contributed by atoms with Gasteiger partial charge in [-0.1, -0.05) is 22.0 Å². The maximum atomic E-state index is 14.2. The number of esters is 1. The van der Waals surface area contributed by atoms with Crippen LogP contribution in [0, 0.1) is 5.82 Å². The van der Waals surface area contributed by atoms with Crippen molar-refractivity contribution >= 4 is 39.1 Å². The van der Waals surface area contributed by atoms with Crippen molar-refractivity contribution in [3.05, 3.63) is 61.9 Å². The third-order valence-electron chi connectivity index (χ3n) is 5.49. The van der Waals surface area contributed by atoms with E-state index in [0.717, 1.165) is 0 Å². The van der Waals surface area contributed by atoms with E-state index in [1.807, 2.05) is 10.3 Å². The number of amidine groups is 1. The minimum absolute atomic E-state index is 0.0388. The number of benzene rings is 1. The Balaban J connectivity index is 1.79. The standard InChI is InChI=1S/C22H23BrF2N4O3S/c1-2-32-22(31)18-16(11-29-7-5-17(30)15(25)10-29)27-20(21-26-6-8-33-21)28-19(18)13-4-3-12(24)9-14(13)23/h3-4,6,8-9,15,17,19,30H,2,5,7,10-11H2,1H3,(H,27,28). The molecule has 1 aromatic heterocycles. The lowest BCUT2D eigenvalue weighted by Gasteiger charge is -2.35. The van der Waals surface area contributed by atoms with E-state index in [-0.39, 0.29) is 25.3 Å².